The molecule has 122 valence electrons. The summed E-state index contributed by atoms with van der Waals surface area (Å²) < 4.78 is 38.1. The Morgan fingerprint density at radius 3 is 2.45 bits per heavy atom. The van der Waals surface area contributed by atoms with E-state index in [0.29, 0.717) is 12.1 Å². The van der Waals surface area contributed by atoms with Gasteiger partial charge in [0.05, 0.1) is 5.56 Å². The van der Waals surface area contributed by atoms with E-state index in [1.165, 1.54) is 17.0 Å². The molecule has 0 radical (unpaired) electrons. The summed E-state index contributed by atoms with van der Waals surface area (Å²) in [6, 6.07) is 5.28. The second-order valence-corrected chi connectivity index (χ2v) is 5.91. The molecule has 2 rings (SSSR count). The number of benzene rings is 1. The lowest BCUT2D eigenvalue weighted by Gasteiger charge is -2.32. The van der Waals surface area contributed by atoms with Gasteiger partial charge >= 0.3 is 6.18 Å². The Kier molecular flexibility index (Phi) is 5.08. The fourth-order valence-electron chi connectivity index (χ4n) is 2.88. The first kappa shape index (κ1) is 16.8. The minimum absolute atomic E-state index is 0.213. The standard InChI is InChI=1S/C15H20F3N3O/c1-11(14(19)22)21-7-5-20(6-8-21)10-12-3-2-4-13(9-12)15(16,17)18/h2-4,9,11H,5-8,10H2,1H3,(H2,19,22)/p+2/t11-/m0/s1. The van der Waals surface area contributed by atoms with Crippen molar-refractivity contribution in [3.8, 4) is 0 Å². The predicted molar refractivity (Wildman–Crippen MR) is 75.2 cm³/mol. The molecule has 0 aliphatic carbocycles. The molecule has 1 aliphatic rings. The van der Waals surface area contributed by atoms with Crippen molar-refractivity contribution in [2.24, 2.45) is 5.73 Å². The number of hydrogen-bond donors (Lipinski definition) is 3. The smallest absolute Gasteiger partial charge is 0.365 e. The van der Waals surface area contributed by atoms with Crippen LogP contribution >= 0.6 is 0 Å². The van der Waals surface area contributed by atoms with Gasteiger partial charge in [0.25, 0.3) is 5.91 Å². The molecular formula is C15H22F3N3O+2. The maximum absolute atomic E-state index is 12.7. The number of rotatable bonds is 4. The van der Waals surface area contributed by atoms with Crippen LogP contribution in [0.3, 0.4) is 0 Å². The van der Waals surface area contributed by atoms with E-state index in [2.05, 4.69) is 0 Å². The van der Waals surface area contributed by atoms with E-state index in [4.69, 9.17) is 5.73 Å². The SMILES string of the molecule is C[C@@H](C(N)=O)[NH+]1CC[NH+](Cc2cccc(C(F)(F)F)c2)CC1. The Balaban J connectivity index is 1.93. The first-order valence-electron chi connectivity index (χ1n) is 7.41. The number of amides is 1. The third kappa shape index (κ3) is 4.20. The third-order valence-electron chi connectivity index (χ3n) is 4.35. The van der Waals surface area contributed by atoms with Crippen molar-refractivity contribution >= 4 is 5.91 Å². The fraction of sp³-hybridized carbons (Fsp3) is 0.533. The molecule has 0 aromatic heterocycles. The molecule has 0 spiro atoms. The number of halogens is 3. The molecule has 1 amide bonds. The highest BCUT2D eigenvalue weighted by atomic mass is 19.4. The van der Waals surface area contributed by atoms with Gasteiger partial charge in [-0.15, -0.1) is 0 Å². The second-order valence-electron chi connectivity index (χ2n) is 5.91. The Labute approximate surface area is 127 Å². The van der Waals surface area contributed by atoms with Crippen LogP contribution in [0.15, 0.2) is 24.3 Å². The van der Waals surface area contributed by atoms with E-state index < -0.39 is 11.7 Å². The molecule has 1 saturated heterocycles. The average Bonchev–Trinajstić information content (AvgIpc) is 2.46. The van der Waals surface area contributed by atoms with E-state index in [1.807, 2.05) is 6.92 Å². The Morgan fingerprint density at radius 1 is 1.27 bits per heavy atom. The van der Waals surface area contributed by atoms with Gasteiger partial charge in [0.2, 0.25) is 0 Å². The van der Waals surface area contributed by atoms with Gasteiger partial charge in [0, 0.05) is 5.56 Å². The largest absolute Gasteiger partial charge is 0.416 e. The first-order chi connectivity index (χ1) is 10.3. The van der Waals surface area contributed by atoms with Crippen LogP contribution in [0.5, 0.6) is 0 Å². The average molecular weight is 317 g/mol. The van der Waals surface area contributed by atoms with Gasteiger partial charge in [-0.3, -0.25) is 4.79 Å². The fourth-order valence-corrected chi connectivity index (χ4v) is 2.88. The first-order valence-corrected chi connectivity index (χ1v) is 7.41. The summed E-state index contributed by atoms with van der Waals surface area (Å²) in [4.78, 5) is 13.6. The summed E-state index contributed by atoms with van der Waals surface area (Å²) in [6.45, 7) is 5.64. The summed E-state index contributed by atoms with van der Waals surface area (Å²) in [6.07, 6.45) is -4.30. The molecule has 1 fully saturated rings. The minimum atomic E-state index is -4.30. The minimum Gasteiger partial charge on any atom is -0.365 e. The van der Waals surface area contributed by atoms with Gasteiger partial charge in [-0.1, -0.05) is 12.1 Å². The van der Waals surface area contributed by atoms with Crippen LogP contribution in [0.1, 0.15) is 18.1 Å². The highest BCUT2D eigenvalue weighted by Gasteiger charge is 2.32. The van der Waals surface area contributed by atoms with E-state index in [9.17, 15) is 18.0 Å². The van der Waals surface area contributed by atoms with Crippen molar-refractivity contribution in [2.75, 3.05) is 26.2 Å². The zero-order chi connectivity index (χ0) is 16.3. The molecule has 1 aliphatic heterocycles. The zero-order valence-corrected chi connectivity index (χ0v) is 12.5. The number of nitrogens with one attached hydrogen (secondary N) is 2. The predicted octanol–water partition coefficient (Wildman–Crippen LogP) is -1.14. The topological polar surface area (TPSA) is 52.0 Å². The molecule has 4 nitrogen and oxygen atoms in total. The van der Waals surface area contributed by atoms with Crippen molar-refractivity contribution in [3.05, 3.63) is 35.4 Å². The number of carbonyl (C=O) groups excluding carboxylic acids is 1. The lowest BCUT2D eigenvalue weighted by atomic mass is 10.1. The number of carbonyl (C=O) groups is 1. The Hall–Kier alpha value is -1.60. The van der Waals surface area contributed by atoms with Crippen molar-refractivity contribution in [1.82, 2.24) is 0 Å². The molecule has 1 aromatic carbocycles. The number of hydrogen-bond acceptors (Lipinski definition) is 1. The van der Waals surface area contributed by atoms with Crippen LogP contribution in [-0.2, 0) is 17.5 Å². The van der Waals surface area contributed by atoms with Crippen LogP contribution in [0.2, 0.25) is 0 Å². The van der Waals surface area contributed by atoms with Crippen molar-refractivity contribution in [3.63, 3.8) is 0 Å². The second kappa shape index (κ2) is 6.66. The van der Waals surface area contributed by atoms with Crippen LogP contribution in [0.4, 0.5) is 13.2 Å². The molecule has 4 N–H and O–H groups in total. The van der Waals surface area contributed by atoms with Gasteiger partial charge in [0.15, 0.2) is 6.04 Å². The van der Waals surface area contributed by atoms with Crippen LogP contribution in [0, 0.1) is 0 Å². The molecule has 1 aromatic rings. The normalized spacial score (nSPS) is 24.0. The maximum atomic E-state index is 12.7. The van der Waals surface area contributed by atoms with E-state index >= 15 is 0 Å². The summed E-state index contributed by atoms with van der Waals surface area (Å²) in [7, 11) is 0. The quantitative estimate of drug-likeness (QED) is 0.646. The molecular weight excluding hydrogens is 295 g/mol. The van der Waals surface area contributed by atoms with Gasteiger partial charge < -0.3 is 15.5 Å². The van der Waals surface area contributed by atoms with Crippen LogP contribution < -0.4 is 15.5 Å². The van der Waals surface area contributed by atoms with Crippen molar-refractivity contribution < 1.29 is 27.8 Å². The zero-order valence-electron chi connectivity index (χ0n) is 12.5. The van der Waals surface area contributed by atoms with E-state index in [0.717, 1.165) is 37.1 Å². The van der Waals surface area contributed by atoms with E-state index in [1.54, 1.807) is 6.07 Å². The highest BCUT2D eigenvalue weighted by Crippen LogP contribution is 2.29. The monoisotopic (exact) mass is 317 g/mol. The lowest BCUT2D eigenvalue weighted by molar-refractivity contribution is -1.02. The summed E-state index contributed by atoms with van der Waals surface area (Å²) in [5, 5.41) is 0. The van der Waals surface area contributed by atoms with Crippen molar-refractivity contribution in [1.29, 1.82) is 0 Å². The lowest BCUT2D eigenvalue weighted by Crippen LogP contribution is -3.29. The summed E-state index contributed by atoms with van der Waals surface area (Å²) >= 11 is 0. The number of alkyl halides is 3. The number of quaternary nitrogens is 2. The molecule has 1 atom stereocenters. The molecule has 0 saturated carbocycles. The molecule has 7 heteroatoms. The highest BCUT2D eigenvalue weighted by molar-refractivity contribution is 5.77. The molecule has 22 heavy (non-hydrogen) atoms. The van der Waals surface area contributed by atoms with Gasteiger partial charge in [-0.25, -0.2) is 0 Å². The van der Waals surface area contributed by atoms with Crippen molar-refractivity contribution in [2.45, 2.75) is 25.7 Å². The number of nitrogens with two attached hydrogens (primary N) is 1. The number of piperazine rings is 1. The molecule has 0 bridgehead atoms. The van der Waals surface area contributed by atoms with Crippen LogP contribution in [-0.4, -0.2) is 38.1 Å². The maximum Gasteiger partial charge on any atom is 0.416 e. The van der Waals surface area contributed by atoms with Crippen LogP contribution in [0.25, 0.3) is 0 Å². The summed E-state index contributed by atoms with van der Waals surface area (Å²) in [5.74, 6) is -0.309. The van der Waals surface area contributed by atoms with Gasteiger partial charge in [-0.2, -0.15) is 13.2 Å². The van der Waals surface area contributed by atoms with E-state index in [-0.39, 0.29) is 11.9 Å². The Morgan fingerprint density at radius 2 is 1.91 bits per heavy atom. The third-order valence-corrected chi connectivity index (χ3v) is 4.35. The summed E-state index contributed by atoms with van der Waals surface area (Å²) in [5.41, 5.74) is 5.40. The Bertz CT molecular complexity index is 525. The molecule has 1 heterocycles. The number of primary amides is 1. The van der Waals surface area contributed by atoms with Gasteiger partial charge in [-0.05, 0) is 19.1 Å². The van der Waals surface area contributed by atoms with Gasteiger partial charge in [0.1, 0.15) is 32.7 Å². The molecule has 0 unspecified atom stereocenters.